The zero-order chi connectivity index (χ0) is 13.7. The van der Waals surface area contributed by atoms with Gasteiger partial charge in [0, 0.05) is 13.1 Å². The molecule has 2 rings (SSSR count). The molecule has 19 heavy (non-hydrogen) atoms. The number of hydrogen-bond acceptors (Lipinski definition) is 3. The Bertz CT molecular complexity index is 510. The molecule has 5 heteroatoms. The summed E-state index contributed by atoms with van der Waals surface area (Å²) in [6, 6.07) is 7.43. The highest BCUT2D eigenvalue weighted by Crippen LogP contribution is 2.28. The van der Waals surface area contributed by atoms with Crippen molar-refractivity contribution in [1.82, 2.24) is 4.72 Å². The normalized spacial score (nSPS) is 16.3. The molecule has 1 aromatic rings. The molecule has 106 valence electrons. The van der Waals surface area contributed by atoms with Gasteiger partial charge in [0.15, 0.2) is 0 Å². The molecule has 1 saturated carbocycles. The Morgan fingerprint density at radius 2 is 2.00 bits per heavy atom. The van der Waals surface area contributed by atoms with Gasteiger partial charge in [-0.2, -0.15) is 0 Å². The van der Waals surface area contributed by atoms with Crippen molar-refractivity contribution in [1.29, 1.82) is 0 Å². The van der Waals surface area contributed by atoms with Crippen LogP contribution in [0, 0.1) is 5.92 Å². The molecule has 0 saturated heterocycles. The number of nitrogens with two attached hydrogens (primary N) is 1. The highest BCUT2D eigenvalue weighted by atomic mass is 32.2. The first-order valence-electron chi connectivity index (χ1n) is 6.84. The number of benzene rings is 1. The largest absolute Gasteiger partial charge is 0.326 e. The SMILES string of the molecule is NCc1cccc(CS(=O)(=O)NCCC2CCC2)c1. The van der Waals surface area contributed by atoms with Crippen LogP contribution in [0.3, 0.4) is 0 Å². The third kappa shape index (κ3) is 4.60. The van der Waals surface area contributed by atoms with Gasteiger partial charge >= 0.3 is 0 Å². The van der Waals surface area contributed by atoms with Gasteiger partial charge in [-0.05, 0) is 23.5 Å². The van der Waals surface area contributed by atoms with Gasteiger partial charge in [0.2, 0.25) is 10.0 Å². The lowest BCUT2D eigenvalue weighted by Crippen LogP contribution is -2.28. The fraction of sp³-hybridized carbons (Fsp3) is 0.571. The quantitative estimate of drug-likeness (QED) is 0.800. The Morgan fingerprint density at radius 3 is 2.63 bits per heavy atom. The van der Waals surface area contributed by atoms with Crippen molar-refractivity contribution in [2.24, 2.45) is 11.7 Å². The molecule has 0 amide bonds. The Hall–Kier alpha value is -0.910. The summed E-state index contributed by atoms with van der Waals surface area (Å²) in [7, 11) is -3.23. The summed E-state index contributed by atoms with van der Waals surface area (Å²) in [4.78, 5) is 0. The summed E-state index contributed by atoms with van der Waals surface area (Å²) in [6.07, 6.45) is 4.76. The van der Waals surface area contributed by atoms with E-state index in [-0.39, 0.29) is 5.75 Å². The molecule has 0 heterocycles. The summed E-state index contributed by atoms with van der Waals surface area (Å²) < 4.78 is 26.6. The highest BCUT2D eigenvalue weighted by Gasteiger charge is 2.18. The average Bonchev–Trinajstić information content (AvgIpc) is 2.32. The standard InChI is InChI=1S/C14H22N2O2S/c15-10-13-5-2-6-14(9-13)11-19(17,18)16-8-7-12-3-1-4-12/h2,5-6,9,12,16H,1,3-4,7-8,10-11,15H2. The van der Waals surface area contributed by atoms with Crippen LogP contribution >= 0.6 is 0 Å². The number of nitrogens with one attached hydrogen (secondary N) is 1. The fourth-order valence-electron chi connectivity index (χ4n) is 2.32. The van der Waals surface area contributed by atoms with Crippen molar-refractivity contribution in [3.63, 3.8) is 0 Å². The molecule has 0 spiro atoms. The monoisotopic (exact) mass is 282 g/mol. The van der Waals surface area contributed by atoms with Crippen molar-refractivity contribution in [2.45, 2.75) is 38.0 Å². The predicted octanol–water partition coefficient (Wildman–Crippen LogP) is 1.75. The van der Waals surface area contributed by atoms with Crippen molar-refractivity contribution >= 4 is 10.0 Å². The second kappa shape index (κ2) is 6.50. The molecule has 0 radical (unpaired) electrons. The van der Waals surface area contributed by atoms with Crippen LogP contribution in [0.1, 0.15) is 36.8 Å². The van der Waals surface area contributed by atoms with E-state index in [4.69, 9.17) is 5.73 Å². The number of hydrogen-bond donors (Lipinski definition) is 2. The summed E-state index contributed by atoms with van der Waals surface area (Å²) in [5, 5.41) is 0. The maximum Gasteiger partial charge on any atom is 0.215 e. The highest BCUT2D eigenvalue weighted by molar-refractivity contribution is 7.88. The van der Waals surface area contributed by atoms with Crippen LogP contribution in [0.15, 0.2) is 24.3 Å². The molecule has 1 aliphatic rings. The molecule has 0 atom stereocenters. The van der Waals surface area contributed by atoms with Crippen LogP contribution in [-0.4, -0.2) is 15.0 Å². The Morgan fingerprint density at radius 1 is 1.26 bits per heavy atom. The first-order valence-corrected chi connectivity index (χ1v) is 8.49. The van der Waals surface area contributed by atoms with Crippen LogP contribution in [0.2, 0.25) is 0 Å². The predicted molar refractivity (Wildman–Crippen MR) is 76.9 cm³/mol. The van der Waals surface area contributed by atoms with E-state index in [1.54, 1.807) is 0 Å². The molecular weight excluding hydrogens is 260 g/mol. The third-order valence-corrected chi connectivity index (χ3v) is 5.04. The van der Waals surface area contributed by atoms with E-state index < -0.39 is 10.0 Å². The van der Waals surface area contributed by atoms with Crippen LogP contribution < -0.4 is 10.5 Å². The van der Waals surface area contributed by atoms with E-state index in [1.165, 1.54) is 19.3 Å². The van der Waals surface area contributed by atoms with Crippen LogP contribution in [-0.2, 0) is 22.3 Å². The van der Waals surface area contributed by atoms with Crippen LogP contribution in [0.4, 0.5) is 0 Å². The van der Waals surface area contributed by atoms with Crippen molar-refractivity contribution in [2.75, 3.05) is 6.54 Å². The van der Waals surface area contributed by atoms with E-state index in [0.29, 0.717) is 13.1 Å². The molecule has 0 unspecified atom stereocenters. The van der Waals surface area contributed by atoms with Crippen molar-refractivity contribution in [3.8, 4) is 0 Å². The zero-order valence-electron chi connectivity index (χ0n) is 11.1. The van der Waals surface area contributed by atoms with Gasteiger partial charge in [0.25, 0.3) is 0 Å². The Balaban J connectivity index is 1.84. The number of rotatable bonds is 7. The molecule has 4 nitrogen and oxygen atoms in total. The van der Waals surface area contributed by atoms with Crippen molar-refractivity contribution in [3.05, 3.63) is 35.4 Å². The third-order valence-electron chi connectivity index (χ3n) is 3.68. The average molecular weight is 282 g/mol. The molecule has 1 aromatic carbocycles. The lowest BCUT2D eigenvalue weighted by molar-refractivity contribution is 0.297. The lowest BCUT2D eigenvalue weighted by Gasteiger charge is -2.25. The second-order valence-corrected chi connectivity index (χ2v) is 7.07. The summed E-state index contributed by atoms with van der Waals surface area (Å²) in [6.45, 7) is 0.993. The molecule has 3 N–H and O–H groups in total. The van der Waals surface area contributed by atoms with Crippen LogP contribution in [0.5, 0.6) is 0 Å². The molecule has 0 aliphatic heterocycles. The van der Waals surface area contributed by atoms with Crippen molar-refractivity contribution < 1.29 is 8.42 Å². The zero-order valence-corrected chi connectivity index (χ0v) is 12.0. The topological polar surface area (TPSA) is 72.2 Å². The maximum atomic E-state index is 11.9. The molecule has 1 aliphatic carbocycles. The number of sulfonamides is 1. The lowest BCUT2D eigenvalue weighted by atomic mass is 9.83. The van der Waals surface area contributed by atoms with Gasteiger partial charge in [-0.3, -0.25) is 0 Å². The molecule has 0 aromatic heterocycles. The van der Waals surface area contributed by atoms with Gasteiger partial charge in [-0.1, -0.05) is 43.5 Å². The summed E-state index contributed by atoms with van der Waals surface area (Å²) in [5.74, 6) is 0.758. The second-order valence-electron chi connectivity index (χ2n) is 5.26. The van der Waals surface area contributed by atoms with Gasteiger partial charge in [0.1, 0.15) is 0 Å². The van der Waals surface area contributed by atoms with E-state index in [1.807, 2.05) is 24.3 Å². The molecule has 0 bridgehead atoms. The minimum absolute atomic E-state index is 0.0332. The fourth-order valence-corrected chi connectivity index (χ4v) is 3.47. The van der Waals surface area contributed by atoms with E-state index in [2.05, 4.69) is 4.72 Å². The van der Waals surface area contributed by atoms with Gasteiger partial charge in [-0.25, -0.2) is 13.1 Å². The Labute approximate surface area is 115 Å². The summed E-state index contributed by atoms with van der Waals surface area (Å²) in [5.41, 5.74) is 7.30. The first-order chi connectivity index (χ1) is 9.09. The van der Waals surface area contributed by atoms with Gasteiger partial charge < -0.3 is 5.73 Å². The minimum Gasteiger partial charge on any atom is -0.326 e. The maximum absolute atomic E-state index is 11.9. The Kier molecular flexibility index (Phi) is 4.96. The van der Waals surface area contributed by atoms with E-state index in [0.717, 1.165) is 23.5 Å². The molecule has 1 fully saturated rings. The van der Waals surface area contributed by atoms with Crippen LogP contribution in [0.25, 0.3) is 0 Å². The van der Waals surface area contributed by atoms with Gasteiger partial charge in [0.05, 0.1) is 5.75 Å². The first kappa shape index (κ1) is 14.5. The smallest absolute Gasteiger partial charge is 0.215 e. The van der Waals surface area contributed by atoms with Gasteiger partial charge in [-0.15, -0.1) is 0 Å². The van der Waals surface area contributed by atoms with E-state index >= 15 is 0 Å². The van der Waals surface area contributed by atoms with E-state index in [9.17, 15) is 8.42 Å². The minimum atomic E-state index is -3.23. The summed E-state index contributed by atoms with van der Waals surface area (Å²) >= 11 is 0. The molecular formula is C14H22N2O2S.